The van der Waals surface area contributed by atoms with Gasteiger partial charge < -0.3 is 5.11 Å². The Morgan fingerprint density at radius 2 is 2.10 bits per heavy atom. The lowest BCUT2D eigenvalue weighted by Crippen LogP contribution is -2.36. The second-order valence-corrected chi connectivity index (χ2v) is 5.59. The summed E-state index contributed by atoms with van der Waals surface area (Å²) in [7, 11) is 0. The molecule has 2 heterocycles. The molecule has 1 aliphatic heterocycles. The van der Waals surface area contributed by atoms with E-state index in [9.17, 15) is 9.50 Å². The molecule has 2 atom stereocenters. The van der Waals surface area contributed by atoms with Gasteiger partial charge in [-0.2, -0.15) is 0 Å². The average molecular weight is 286 g/mol. The van der Waals surface area contributed by atoms with Crippen LogP contribution in [0, 0.1) is 5.82 Å². The Morgan fingerprint density at radius 3 is 2.86 bits per heavy atom. The molecule has 1 saturated heterocycles. The fraction of sp³-hybridized carbons (Fsp3) is 0.353. The number of nitrogens with zero attached hydrogens (tertiary/aromatic N) is 2. The first-order valence-corrected chi connectivity index (χ1v) is 7.28. The van der Waals surface area contributed by atoms with Crippen LogP contribution in [0.4, 0.5) is 4.39 Å². The summed E-state index contributed by atoms with van der Waals surface area (Å²) in [5.41, 5.74) is 2.06. The first-order valence-electron chi connectivity index (χ1n) is 7.28. The normalized spacial score (nSPS) is 22.6. The van der Waals surface area contributed by atoms with Gasteiger partial charge in [0.05, 0.1) is 6.10 Å². The molecule has 4 heteroatoms. The molecule has 110 valence electrons. The topological polar surface area (TPSA) is 36.4 Å². The minimum Gasteiger partial charge on any atom is -0.391 e. The van der Waals surface area contributed by atoms with E-state index in [0.29, 0.717) is 6.54 Å². The number of pyridine rings is 1. The number of hydrogen-bond acceptors (Lipinski definition) is 3. The lowest BCUT2D eigenvalue weighted by Gasteiger charge is -2.26. The van der Waals surface area contributed by atoms with Crippen LogP contribution in [0.2, 0.25) is 0 Å². The Labute approximate surface area is 124 Å². The maximum Gasteiger partial charge on any atom is 0.123 e. The van der Waals surface area contributed by atoms with E-state index in [1.807, 2.05) is 24.4 Å². The van der Waals surface area contributed by atoms with Crippen LogP contribution in [-0.4, -0.2) is 33.7 Å². The van der Waals surface area contributed by atoms with E-state index in [1.54, 1.807) is 18.3 Å². The number of hydrogen-bond donors (Lipinski definition) is 1. The van der Waals surface area contributed by atoms with Gasteiger partial charge in [-0.05, 0) is 42.2 Å². The maximum atomic E-state index is 13.3. The Morgan fingerprint density at radius 1 is 1.24 bits per heavy atom. The Balaban J connectivity index is 1.72. The van der Waals surface area contributed by atoms with Crippen LogP contribution in [0.1, 0.15) is 17.5 Å². The van der Waals surface area contributed by atoms with Gasteiger partial charge in [0, 0.05) is 31.5 Å². The molecular formula is C17H19FN2O. The van der Waals surface area contributed by atoms with Crippen LogP contribution < -0.4 is 0 Å². The smallest absolute Gasteiger partial charge is 0.123 e. The summed E-state index contributed by atoms with van der Waals surface area (Å²) in [6, 6.07) is 10.7. The molecular weight excluding hydrogens is 267 g/mol. The molecule has 0 spiro atoms. The summed E-state index contributed by atoms with van der Waals surface area (Å²) in [5, 5.41) is 10.2. The summed E-state index contributed by atoms with van der Waals surface area (Å²) < 4.78 is 13.3. The van der Waals surface area contributed by atoms with Crippen LogP contribution in [-0.2, 0) is 13.0 Å². The van der Waals surface area contributed by atoms with Crippen LogP contribution in [0.15, 0.2) is 48.8 Å². The minimum absolute atomic E-state index is 0.0671. The summed E-state index contributed by atoms with van der Waals surface area (Å²) in [5.74, 6) is -0.212. The zero-order chi connectivity index (χ0) is 14.7. The highest BCUT2D eigenvalue weighted by Gasteiger charge is 2.32. The Hall–Kier alpha value is -1.78. The van der Waals surface area contributed by atoms with Gasteiger partial charge in [0.15, 0.2) is 0 Å². The van der Waals surface area contributed by atoms with Gasteiger partial charge in [-0.3, -0.25) is 9.88 Å². The molecule has 0 bridgehead atoms. The predicted molar refractivity (Wildman–Crippen MR) is 79.2 cm³/mol. The van der Waals surface area contributed by atoms with Crippen molar-refractivity contribution in [1.82, 2.24) is 9.88 Å². The van der Waals surface area contributed by atoms with Crippen molar-refractivity contribution in [3.63, 3.8) is 0 Å². The molecule has 0 amide bonds. The molecule has 21 heavy (non-hydrogen) atoms. The molecule has 3 nitrogen and oxygen atoms in total. The van der Waals surface area contributed by atoms with Crippen molar-refractivity contribution in [2.75, 3.05) is 6.54 Å². The molecule has 0 radical (unpaired) electrons. The van der Waals surface area contributed by atoms with Gasteiger partial charge in [-0.25, -0.2) is 4.39 Å². The number of aromatic nitrogens is 1. The van der Waals surface area contributed by atoms with E-state index in [-0.39, 0.29) is 18.0 Å². The lowest BCUT2D eigenvalue weighted by molar-refractivity contribution is 0.112. The maximum absolute atomic E-state index is 13.3. The molecule has 3 rings (SSSR count). The third kappa shape index (κ3) is 3.46. The number of halogens is 1. The van der Waals surface area contributed by atoms with Gasteiger partial charge in [-0.1, -0.05) is 18.2 Å². The average Bonchev–Trinajstić information content (AvgIpc) is 2.81. The van der Waals surface area contributed by atoms with E-state index in [0.717, 1.165) is 30.5 Å². The monoisotopic (exact) mass is 286 g/mol. The zero-order valence-corrected chi connectivity index (χ0v) is 11.8. The molecule has 1 N–H and O–H groups in total. The molecule has 0 saturated carbocycles. The highest BCUT2D eigenvalue weighted by molar-refractivity contribution is 5.17. The summed E-state index contributed by atoms with van der Waals surface area (Å²) in [6.45, 7) is 1.50. The van der Waals surface area contributed by atoms with Crippen molar-refractivity contribution >= 4 is 0 Å². The number of likely N-dealkylation sites (tertiary alicyclic amines) is 1. The zero-order valence-electron chi connectivity index (χ0n) is 11.8. The third-order valence-electron chi connectivity index (χ3n) is 4.07. The van der Waals surface area contributed by atoms with E-state index in [1.165, 1.54) is 6.07 Å². The molecule has 0 aliphatic carbocycles. The SMILES string of the molecule is O[C@H]1CCN(Cc2cccc(F)c2)[C@H]1Cc1cccnc1. The van der Waals surface area contributed by atoms with Crippen molar-refractivity contribution in [2.45, 2.75) is 31.5 Å². The van der Waals surface area contributed by atoms with Crippen LogP contribution in [0.3, 0.4) is 0 Å². The van der Waals surface area contributed by atoms with Gasteiger partial charge in [-0.15, -0.1) is 0 Å². The molecule has 1 fully saturated rings. The molecule has 0 unspecified atom stereocenters. The molecule has 1 aliphatic rings. The Bertz CT molecular complexity index is 590. The summed E-state index contributed by atoms with van der Waals surface area (Å²) >= 11 is 0. The van der Waals surface area contributed by atoms with Crippen molar-refractivity contribution in [2.24, 2.45) is 0 Å². The quantitative estimate of drug-likeness (QED) is 0.937. The summed E-state index contributed by atoms with van der Waals surface area (Å²) in [4.78, 5) is 6.35. The van der Waals surface area contributed by atoms with Gasteiger partial charge in [0.2, 0.25) is 0 Å². The van der Waals surface area contributed by atoms with Crippen LogP contribution in [0.25, 0.3) is 0 Å². The highest BCUT2D eigenvalue weighted by Crippen LogP contribution is 2.24. The van der Waals surface area contributed by atoms with Crippen LogP contribution in [0.5, 0.6) is 0 Å². The Kier molecular flexibility index (Phi) is 4.27. The van der Waals surface area contributed by atoms with Crippen molar-refractivity contribution in [1.29, 1.82) is 0 Å². The second-order valence-electron chi connectivity index (χ2n) is 5.59. The van der Waals surface area contributed by atoms with Crippen molar-refractivity contribution in [3.05, 3.63) is 65.7 Å². The van der Waals surface area contributed by atoms with Crippen LogP contribution >= 0.6 is 0 Å². The highest BCUT2D eigenvalue weighted by atomic mass is 19.1. The fourth-order valence-corrected chi connectivity index (χ4v) is 2.99. The first kappa shape index (κ1) is 14.2. The number of rotatable bonds is 4. The van der Waals surface area contributed by atoms with Gasteiger partial charge in [0.25, 0.3) is 0 Å². The number of benzene rings is 1. The first-order chi connectivity index (χ1) is 10.2. The van der Waals surface area contributed by atoms with E-state index in [2.05, 4.69) is 9.88 Å². The lowest BCUT2D eigenvalue weighted by atomic mass is 10.0. The number of aliphatic hydroxyl groups is 1. The predicted octanol–water partition coefficient (Wildman–Crippen LogP) is 2.40. The minimum atomic E-state index is -0.334. The van der Waals surface area contributed by atoms with Crippen molar-refractivity contribution in [3.8, 4) is 0 Å². The number of aliphatic hydroxyl groups excluding tert-OH is 1. The summed E-state index contributed by atoms with van der Waals surface area (Å²) in [6.07, 6.45) is 4.79. The second kappa shape index (κ2) is 6.33. The van der Waals surface area contributed by atoms with E-state index in [4.69, 9.17) is 0 Å². The molecule has 1 aromatic carbocycles. The third-order valence-corrected chi connectivity index (χ3v) is 4.07. The van der Waals surface area contributed by atoms with Gasteiger partial charge in [0.1, 0.15) is 5.82 Å². The van der Waals surface area contributed by atoms with Crippen molar-refractivity contribution < 1.29 is 9.50 Å². The largest absolute Gasteiger partial charge is 0.391 e. The molecule has 2 aromatic rings. The van der Waals surface area contributed by atoms with Gasteiger partial charge >= 0.3 is 0 Å². The molecule has 1 aromatic heterocycles. The fourth-order valence-electron chi connectivity index (χ4n) is 2.99. The van der Waals surface area contributed by atoms with E-state index < -0.39 is 0 Å². The van der Waals surface area contributed by atoms with E-state index >= 15 is 0 Å². The standard InChI is InChI=1S/C17H19FN2O/c18-15-5-1-3-14(9-15)12-20-8-6-17(21)16(20)10-13-4-2-7-19-11-13/h1-5,7,9,11,16-17,21H,6,8,10,12H2/t16-,17-/m0/s1.